The van der Waals surface area contributed by atoms with E-state index in [1.165, 1.54) is 17.8 Å². The monoisotopic (exact) mass is 285 g/mol. The van der Waals surface area contributed by atoms with Crippen LogP contribution in [0.3, 0.4) is 0 Å². The highest BCUT2D eigenvalue weighted by atomic mass is 32.1. The second-order valence-corrected chi connectivity index (χ2v) is 6.69. The molecule has 1 aromatic rings. The molecule has 1 aromatic heterocycles. The maximum Gasteiger partial charge on any atom is 0.180 e. The van der Waals surface area contributed by atoms with Crippen LogP contribution in [0, 0.1) is 23.2 Å². The number of nitrogens with zero attached hydrogens (tertiary/aromatic N) is 2. The summed E-state index contributed by atoms with van der Waals surface area (Å²) < 4.78 is 0. The lowest BCUT2D eigenvalue weighted by atomic mass is 10.1. The zero-order valence-corrected chi connectivity index (χ0v) is 12.3. The van der Waals surface area contributed by atoms with E-state index >= 15 is 0 Å². The predicted molar refractivity (Wildman–Crippen MR) is 82.3 cm³/mol. The van der Waals surface area contributed by atoms with Crippen molar-refractivity contribution in [3.63, 3.8) is 0 Å². The number of nitrogen functional groups attached to an aromatic ring is 1. The van der Waals surface area contributed by atoms with Gasteiger partial charge >= 0.3 is 0 Å². The van der Waals surface area contributed by atoms with Gasteiger partial charge in [0.05, 0.1) is 17.7 Å². The first-order chi connectivity index (χ1) is 9.76. The quantitative estimate of drug-likeness (QED) is 0.582. The Bertz CT molecular complexity index is 551. The highest BCUT2D eigenvalue weighted by Crippen LogP contribution is 2.35. The van der Waals surface area contributed by atoms with Crippen LogP contribution in [0.15, 0.2) is 24.3 Å². The number of thiazole rings is 1. The molecule has 0 amide bonds. The molecule has 0 spiro atoms. The van der Waals surface area contributed by atoms with Crippen LogP contribution in [0.2, 0.25) is 0 Å². The molecule has 1 heterocycles. The van der Waals surface area contributed by atoms with E-state index in [9.17, 15) is 0 Å². The average molecular weight is 285 g/mol. The van der Waals surface area contributed by atoms with Gasteiger partial charge in [-0.1, -0.05) is 30.7 Å². The Labute approximate surface area is 123 Å². The summed E-state index contributed by atoms with van der Waals surface area (Å²) in [6.45, 7) is 0. The lowest BCUT2D eigenvalue weighted by molar-refractivity contribution is 0.677. The molecular formula is C16H19N3S. The Morgan fingerprint density at radius 2 is 1.90 bits per heavy atom. The number of nitriles is 1. The fourth-order valence-electron chi connectivity index (χ4n) is 3.06. The summed E-state index contributed by atoms with van der Waals surface area (Å²) in [5, 5.41) is 9.56. The molecule has 4 rings (SSSR count). The van der Waals surface area contributed by atoms with Gasteiger partial charge in [-0.15, -0.1) is 11.3 Å². The van der Waals surface area contributed by atoms with Gasteiger partial charge < -0.3 is 5.73 Å². The average Bonchev–Trinajstić information content (AvgIpc) is 3.15. The van der Waals surface area contributed by atoms with E-state index in [-0.39, 0.29) is 5.92 Å². The Hall–Kier alpha value is -1.60. The number of aryl methyl sites for hydroxylation is 1. The van der Waals surface area contributed by atoms with Crippen LogP contribution < -0.4 is 5.73 Å². The van der Waals surface area contributed by atoms with Gasteiger partial charge in [0, 0.05) is 4.88 Å². The summed E-state index contributed by atoms with van der Waals surface area (Å²) in [5.41, 5.74) is 6.69. The summed E-state index contributed by atoms with van der Waals surface area (Å²) in [7, 11) is 0. The van der Waals surface area contributed by atoms with E-state index in [4.69, 9.17) is 11.0 Å². The van der Waals surface area contributed by atoms with Gasteiger partial charge in [0.2, 0.25) is 0 Å². The van der Waals surface area contributed by atoms with Crippen molar-refractivity contribution in [2.24, 2.45) is 11.8 Å². The molecule has 20 heavy (non-hydrogen) atoms. The maximum absolute atomic E-state index is 8.96. The lowest BCUT2D eigenvalue weighted by Crippen LogP contribution is -1.92. The highest BCUT2D eigenvalue weighted by Gasteiger charge is 2.22. The summed E-state index contributed by atoms with van der Waals surface area (Å²) in [4.78, 5) is 5.36. The minimum atomic E-state index is 0.0345. The van der Waals surface area contributed by atoms with E-state index < -0.39 is 0 Å². The van der Waals surface area contributed by atoms with E-state index in [0.29, 0.717) is 5.13 Å². The van der Waals surface area contributed by atoms with Gasteiger partial charge in [0.15, 0.2) is 5.13 Å². The molecule has 4 heteroatoms. The minimum Gasteiger partial charge on any atom is -0.375 e. The first kappa shape index (κ1) is 13.4. The van der Waals surface area contributed by atoms with Crippen LogP contribution in [-0.2, 0) is 6.42 Å². The molecule has 3 aliphatic carbocycles. The fraction of sp³-hybridized carbons (Fsp3) is 0.500. The number of hydrogen-bond acceptors (Lipinski definition) is 4. The normalized spacial score (nSPS) is 29.2. The van der Waals surface area contributed by atoms with E-state index in [1.54, 1.807) is 0 Å². The van der Waals surface area contributed by atoms with Gasteiger partial charge in [0.25, 0.3) is 0 Å². The van der Waals surface area contributed by atoms with Gasteiger partial charge in [-0.3, -0.25) is 0 Å². The maximum atomic E-state index is 8.96. The molecule has 0 radical (unpaired) electrons. The molecule has 3 aliphatic rings. The molecular weight excluding hydrogens is 266 g/mol. The molecule has 0 fully saturated rings. The second-order valence-electron chi connectivity index (χ2n) is 5.62. The van der Waals surface area contributed by atoms with Crippen LogP contribution in [0.4, 0.5) is 5.13 Å². The summed E-state index contributed by atoms with van der Waals surface area (Å²) in [6, 6.07) is 2.33. The Morgan fingerprint density at radius 1 is 1.20 bits per heavy atom. The number of rotatable bonds is 0. The smallest absolute Gasteiger partial charge is 0.180 e. The molecule has 1 atom stereocenters. The standard InChI is InChI=1S/C9H11N3S.C7H8/c10-5-6-3-1-2-4-7-8(6)13-9(11)12-7;1-2-7-4-3-6(1)5-7/h6H,1-4H2,(H2,11,12);1-4,6-7H,5H2. The van der Waals surface area contributed by atoms with Crippen molar-refractivity contribution in [2.45, 2.75) is 38.0 Å². The van der Waals surface area contributed by atoms with Crippen molar-refractivity contribution < 1.29 is 0 Å². The van der Waals surface area contributed by atoms with Gasteiger partial charge in [-0.05, 0) is 37.5 Å². The Morgan fingerprint density at radius 3 is 2.45 bits per heavy atom. The summed E-state index contributed by atoms with van der Waals surface area (Å²) in [6.07, 6.45) is 14.8. The summed E-state index contributed by atoms with van der Waals surface area (Å²) >= 11 is 1.48. The molecule has 0 saturated heterocycles. The Balaban J connectivity index is 0.000000144. The topological polar surface area (TPSA) is 62.7 Å². The zero-order valence-electron chi connectivity index (χ0n) is 11.5. The van der Waals surface area contributed by atoms with Crippen LogP contribution in [-0.4, -0.2) is 4.98 Å². The van der Waals surface area contributed by atoms with Crippen LogP contribution in [0.25, 0.3) is 0 Å². The molecule has 0 aliphatic heterocycles. The number of anilines is 1. The fourth-order valence-corrected chi connectivity index (χ4v) is 4.02. The Kier molecular flexibility index (Phi) is 3.88. The largest absolute Gasteiger partial charge is 0.375 e. The second kappa shape index (κ2) is 5.80. The van der Waals surface area contributed by atoms with Crippen molar-refractivity contribution >= 4 is 16.5 Å². The SMILES string of the molecule is C1=CC2C=CC1C2.N#CC1CCCCc2nc(N)sc21. The van der Waals surface area contributed by atoms with Crippen LogP contribution in [0.5, 0.6) is 0 Å². The number of hydrogen-bond donors (Lipinski definition) is 1. The third-order valence-electron chi connectivity index (χ3n) is 4.13. The van der Waals surface area contributed by atoms with E-state index in [0.717, 1.165) is 48.1 Å². The van der Waals surface area contributed by atoms with Gasteiger partial charge in [0.1, 0.15) is 0 Å². The number of allylic oxidation sites excluding steroid dienone is 4. The van der Waals surface area contributed by atoms with Gasteiger partial charge in [-0.2, -0.15) is 5.26 Å². The lowest BCUT2D eigenvalue weighted by Gasteiger charge is -2.01. The first-order valence-electron chi connectivity index (χ1n) is 7.27. The highest BCUT2D eigenvalue weighted by molar-refractivity contribution is 7.15. The van der Waals surface area contributed by atoms with Crippen molar-refractivity contribution in [1.29, 1.82) is 5.26 Å². The number of nitrogens with two attached hydrogens (primary N) is 1. The van der Waals surface area contributed by atoms with E-state index in [1.807, 2.05) is 0 Å². The molecule has 2 N–H and O–H groups in total. The molecule has 3 nitrogen and oxygen atoms in total. The van der Waals surface area contributed by atoms with Crippen molar-refractivity contribution in [3.05, 3.63) is 34.9 Å². The minimum absolute atomic E-state index is 0.0345. The van der Waals surface area contributed by atoms with Crippen LogP contribution >= 0.6 is 11.3 Å². The molecule has 104 valence electrons. The number of aromatic nitrogens is 1. The molecule has 0 aromatic carbocycles. The van der Waals surface area contributed by atoms with Crippen molar-refractivity contribution in [1.82, 2.24) is 4.98 Å². The van der Waals surface area contributed by atoms with Gasteiger partial charge in [-0.25, -0.2) is 4.98 Å². The third kappa shape index (κ3) is 2.78. The molecule has 2 bridgehead atoms. The van der Waals surface area contributed by atoms with E-state index in [2.05, 4.69) is 35.4 Å². The number of fused-ring (bicyclic) bond motifs is 3. The van der Waals surface area contributed by atoms with Crippen LogP contribution in [0.1, 0.15) is 42.2 Å². The molecule has 0 saturated carbocycles. The van der Waals surface area contributed by atoms with Crippen molar-refractivity contribution in [3.8, 4) is 6.07 Å². The third-order valence-corrected chi connectivity index (χ3v) is 5.17. The molecule has 1 unspecified atom stereocenters. The first-order valence-corrected chi connectivity index (χ1v) is 8.09. The van der Waals surface area contributed by atoms with Crippen molar-refractivity contribution in [2.75, 3.05) is 5.73 Å². The summed E-state index contributed by atoms with van der Waals surface area (Å²) in [5.74, 6) is 1.65. The zero-order chi connectivity index (χ0) is 13.9. The predicted octanol–water partition coefficient (Wildman–Crippen LogP) is 3.81.